The molecule has 0 aromatic carbocycles. The van der Waals surface area contributed by atoms with Gasteiger partial charge in [-0.3, -0.25) is 14.5 Å². The van der Waals surface area contributed by atoms with E-state index in [0.29, 0.717) is 37.4 Å². The molecule has 2 fully saturated rings. The van der Waals surface area contributed by atoms with E-state index in [-0.39, 0.29) is 30.3 Å². The number of nitrogens with zero attached hydrogens (tertiary/aromatic N) is 3. The lowest BCUT2D eigenvalue weighted by Crippen LogP contribution is -2.36. The van der Waals surface area contributed by atoms with Crippen LogP contribution in [0.15, 0.2) is 0 Å². The van der Waals surface area contributed by atoms with E-state index in [0.717, 1.165) is 24.3 Å². The molecular formula is C16H24N4O4S. The van der Waals surface area contributed by atoms with Crippen LogP contribution in [0, 0.1) is 11.8 Å². The highest BCUT2D eigenvalue weighted by Gasteiger charge is 2.37. The Bertz CT molecular complexity index is 617. The number of hydrogen-bond donors (Lipinski definition) is 2. The first-order valence-electron chi connectivity index (χ1n) is 8.73. The van der Waals surface area contributed by atoms with Gasteiger partial charge < -0.3 is 15.2 Å². The van der Waals surface area contributed by atoms with Crippen molar-refractivity contribution in [1.82, 2.24) is 15.5 Å². The average molecular weight is 368 g/mol. The fraction of sp³-hybridized carbons (Fsp3) is 0.750. The first-order valence-corrected chi connectivity index (χ1v) is 9.54. The molecule has 0 bridgehead atoms. The fourth-order valence-corrected chi connectivity index (χ4v) is 3.95. The van der Waals surface area contributed by atoms with Gasteiger partial charge in [0.15, 0.2) is 0 Å². The van der Waals surface area contributed by atoms with E-state index < -0.39 is 0 Å². The molecule has 1 saturated carbocycles. The van der Waals surface area contributed by atoms with Crippen molar-refractivity contribution in [2.75, 3.05) is 24.6 Å². The summed E-state index contributed by atoms with van der Waals surface area (Å²) in [5, 5.41) is 21.5. The summed E-state index contributed by atoms with van der Waals surface area (Å²) in [6.07, 6.45) is 2.57. The Kier molecular flexibility index (Phi) is 5.98. The summed E-state index contributed by atoms with van der Waals surface area (Å²) >= 11 is 1.32. The van der Waals surface area contributed by atoms with Crippen molar-refractivity contribution in [2.45, 2.75) is 45.3 Å². The molecular weight excluding hydrogens is 344 g/mol. The number of rotatable bonds is 8. The largest absolute Gasteiger partial charge is 0.393 e. The van der Waals surface area contributed by atoms with Crippen LogP contribution in [0.5, 0.6) is 0 Å². The minimum atomic E-state index is -0.348. The quantitative estimate of drug-likeness (QED) is 0.700. The predicted octanol–water partition coefficient (Wildman–Crippen LogP) is 0.705. The van der Waals surface area contributed by atoms with E-state index >= 15 is 0 Å². The fourth-order valence-electron chi connectivity index (χ4n) is 3.15. The molecule has 1 unspecified atom stereocenters. The monoisotopic (exact) mass is 368 g/mol. The second kappa shape index (κ2) is 8.20. The number of anilines is 1. The minimum Gasteiger partial charge on any atom is -0.393 e. The summed E-state index contributed by atoms with van der Waals surface area (Å²) in [7, 11) is 0. The molecule has 1 aromatic rings. The maximum Gasteiger partial charge on any atom is 0.229 e. The molecule has 1 atom stereocenters. The Morgan fingerprint density at radius 2 is 2.24 bits per heavy atom. The van der Waals surface area contributed by atoms with E-state index in [4.69, 9.17) is 4.74 Å². The summed E-state index contributed by atoms with van der Waals surface area (Å²) in [5.74, 6) is -0.0305. The third-order valence-corrected chi connectivity index (χ3v) is 5.59. The minimum absolute atomic E-state index is 0.0882. The van der Waals surface area contributed by atoms with Gasteiger partial charge in [-0.1, -0.05) is 11.3 Å². The van der Waals surface area contributed by atoms with Crippen molar-refractivity contribution in [3.8, 4) is 0 Å². The Balaban J connectivity index is 1.46. The van der Waals surface area contributed by atoms with Crippen molar-refractivity contribution in [3.05, 3.63) is 5.01 Å². The van der Waals surface area contributed by atoms with Crippen molar-refractivity contribution >= 4 is 28.3 Å². The number of ether oxygens (including phenoxy) is 1. The Labute approximate surface area is 150 Å². The van der Waals surface area contributed by atoms with E-state index in [1.54, 1.807) is 4.90 Å². The average Bonchev–Trinajstić information content (AvgIpc) is 3.17. The maximum atomic E-state index is 12.3. The van der Waals surface area contributed by atoms with E-state index in [1.807, 2.05) is 6.92 Å². The van der Waals surface area contributed by atoms with Crippen molar-refractivity contribution in [2.24, 2.45) is 11.8 Å². The summed E-state index contributed by atoms with van der Waals surface area (Å²) in [5.41, 5.74) is 0. The zero-order valence-electron chi connectivity index (χ0n) is 14.3. The lowest BCUT2D eigenvalue weighted by molar-refractivity contribution is -0.126. The van der Waals surface area contributed by atoms with Crippen molar-refractivity contribution in [1.29, 1.82) is 0 Å². The Hall–Kier alpha value is -1.58. The normalized spacial score (nSPS) is 25.9. The van der Waals surface area contributed by atoms with Gasteiger partial charge in [0.05, 0.1) is 12.0 Å². The van der Waals surface area contributed by atoms with Crippen LogP contribution in [0.1, 0.15) is 37.6 Å². The molecule has 1 saturated heterocycles. The molecule has 2 amide bonds. The number of nitrogens with one attached hydrogen (secondary N) is 1. The highest BCUT2D eigenvalue weighted by Crippen LogP contribution is 2.30. The van der Waals surface area contributed by atoms with Gasteiger partial charge in [-0.15, -0.1) is 10.2 Å². The van der Waals surface area contributed by atoms with Crippen LogP contribution in [-0.2, 0) is 20.9 Å². The van der Waals surface area contributed by atoms with Crippen LogP contribution in [0.4, 0.5) is 5.13 Å². The molecule has 1 aromatic heterocycles. The molecule has 1 aliphatic carbocycles. The molecule has 9 heteroatoms. The first-order chi connectivity index (χ1) is 12.1. The van der Waals surface area contributed by atoms with Gasteiger partial charge >= 0.3 is 0 Å². The molecule has 0 spiro atoms. The van der Waals surface area contributed by atoms with Gasteiger partial charge in [-0.2, -0.15) is 0 Å². The van der Waals surface area contributed by atoms with Crippen LogP contribution in [0.25, 0.3) is 0 Å². The van der Waals surface area contributed by atoms with Crippen molar-refractivity contribution in [3.63, 3.8) is 0 Å². The molecule has 2 aliphatic rings. The smallest absolute Gasteiger partial charge is 0.229 e. The summed E-state index contributed by atoms with van der Waals surface area (Å²) in [4.78, 5) is 26.0. The first kappa shape index (κ1) is 18.2. The molecule has 25 heavy (non-hydrogen) atoms. The van der Waals surface area contributed by atoms with Crippen LogP contribution >= 0.6 is 11.3 Å². The van der Waals surface area contributed by atoms with Gasteiger partial charge in [0.25, 0.3) is 0 Å². The number of amides is 2. The van der Waals surface area contributed by atoms with Gasteiger partial charge in [0, 0.05) is 26.1 Å². The Morgan fingerprint density at radius 1 is 1.44 bits per heavy atom. The van der Waals surface area contributed by atoms with Crippen molar-refractivity contribution < 1.29 is 19.4 Å². The number of carbonyl (C=O) groups excluding carboxylic acids is 2. The SMILES string of the molecule is CCOCc1nnc(N2CC(C(=O)NCCC3CC(O)C3)CC2=O)s1. The van der Waals surface area contributed by atoms with E-state index in [9.17, 15) is 14.7 Å². The molecule has 1 aliphatic heterocycles. The zero-order chi connectivity index (χ0) is 17.8. The van der Waals surface area contributed by atoms with E-state index in [2.05, 4.69) is 15.5 Å². The molecule has 0 radical (unpaired) electrons. The number of aromatic nitrogens is 2. The third kappa shape index (κ3) is 4.53. The third-order valence-electron chi connectivity index (χ3n) is 4.68. The lowest BCUT2D eigenvalue weighted by Gasteiger charge is -2.31. The van der Waals surface area contributed by atoms with E-state index in [1.165, 1.54) is 11.3 Å². The summed E-state index contributed by atoms with van der Waals surface area (Å²) in [6.45, 7) is 3.83. The van der Waals surface area contributed by atoms with Gasteiger partial charge in [0.1, 0.15) is 11.6 Å². The summed E-state index contributed by atoms with van der Waals surface area (Å²) in [6, 6.07) is 0. The van der Waals surface area contributed by atoms with Gasteiger partial charge in [0.2, 0.25) is 16.9 Å². The maximum absolute atomic E-state index is 12.3. The highest BCUT2D eigenvalue weighted by atomic mass is 32.1. The molecule has 2 heterocycles. The molecule has 138 valence electrons. The lowest BCUT2D eigenvalue weighted by atomic mass is 9.80. The second-order valence-corrected chi connectivity index (χ2v) is 7.63. The number of hydrogen-bond acceptors (Lipinski definition) is 7. The summed E-state index contributed by atoms with van der Waals surface area (Å²) < 4.78 is 5.29. The molecule has 3 rings (SSSR count). The predicted molar refractivity (Wildman–Crippen MR) is 92.1 cm³/mol. The van der Waals surface area contributed by atoms with Crippen LogP contribution in [0.3, 0.4) is 0 Å². The Morgan fingerprint density at radius 3 is 2.96 bits per heavy atom. The van der Waals surface area contributed by atoms with Gasteiger partial charge in [-0.05, 0) is 32.1 Å². The van der Waals surface area contributed by atoms with Gasteiger partial charge in [-0.25, -0.2) is 0 Å². The van der Waals surface area contributed by atoms with Crippen LogP contribution < -0.4 is 10.2 Å². The standard InChI is InChI=1S/C16H24N4O4S/c1-2-24-9-13-18-19-16(25-13)20-8-11(7-14(20)22)15(23)17-4-3-10-5-12(21)6-10/h10-12,21H,2-9H2,1H3,(H,17,23). The zero-order valence-corrected chi connectivity index (χ0v) is 15.1. The molecule has 8 nitrogen and oxygen atoms in total. The number of aliphatic hydroxyl groups excluding tert-OH is 1. The number of carbonyl (C=O) groups is 2. The molecule has 2 N–H and O–H groups in total. The number of aliphatic hydroxyl groups is 1. The topological polar surface area (TPSA) is 105 Å². The second-order valence-electron chi connectivity index (χ2n) is 6.59. The van der Waals surface area contributed by atoms with Crippen LogP contribution in [-0.4, -0.2) is 52.9 Å². The highest BCUT2D eigenvalue weighted by molar-refractivity contribution is 7.15. The van der Waals surface area contributed by atoms with Crippen LogP contribution in [0.2, 0.25) is 0 Å².